The average Bonchev–Trinajstić information content (AvgIpc) is 3.76. The molecule has 14 heteroatoms. The maximum atomic E-state index is 13.6. The number of anilines is 4. The molecule has 0 saturated carbocycles. The smallest absolute Gasteiger partial charge is 0.253 e. The third-order valence-electron chi connectivity index (χ3n) is 11.6. The molecule has 2 fully saturated rings. The van der Waals surface area contributed by atoms with Crippen molar-refractivity contribution >= 4 is 29.3 Å². The highest BCUT2D eigenvalue weighted by molar-refractivity contribution is 5.95. The van der Waals surface area contributed by atoms with Gasteiger partial charge in [0, 0.05) is 113 Å². The van der Waals surface area contributed by atoms with Crippen LogP contribution in [0.1, 0.15) is 32.6 Å². The molecule has 6 aromatic rings. The molecular weight excluding hydrogens is 769 g/mol. The van der Waals surface area contributed by atoms with Crippen LogP contribution in [0.25, 0.3) is 11.3 Å². The number of nitrogens with zero attached hydrogens (tertiary/aromatic N) is 10. The quantitative estimate of drug-likeness (QED) is 0.135. The fourth-order valence-electron chi connectivity index (χ4n) is 8.17. The van der Waals surface area contributed by atoms with E-state index in [2.05, 4.69) is 48.8 Å². The number of pyridine rings is 1. The predicted molar refractivity (Wildman–Crippen MR) is 235 cm³/mol. The lowest BCUT2D eigenvalue weighted by Crippen LogP contribution is -2.48. The van der Waals surface area contributed by atoms with Crippen molar-refractivity contribution in [3.05, 3.63) is 138 Å². The number of rotatable bonds is 13. The molecule has 3 aromatic heterocycles. The molecule has 0 spiro atoms. The number of benzene rings is 3. The van der Waals surface area contributed by atoms with Gasteiger partial charge in [-0.1, -0.05) is 24.3 Å². The SMILES string of the molecule is COc1ccc(CN(Cc2ccc(OC)cc2)c2ncc(-c3nc(N4CCOCC4)nc4c3CCN4c3ccc(C(=O)N4CCN(Cc5ccncc5)CC4)cc3)cn2)cc1. The van der Waals surface area contributed by atoms with Crippen molar-refractivity contribution in [1.82, 2.24) is 34.7 Å². The van der Waals surface area contributed by atoms with Gasteiger partial charge in [-0.3, -0.25) is 14.7 Å². The van der Waals surface area contributed by atoms with Crippen molar-refractivity contribution in [3.8, 4) is 22.8 Å². The van der Waals surface area contributed by atoms with Crippen LogP contribution < -0.4 is 24.2 Å². The number of hydrogen-bond acceptors (Lipinski definition) is 13. The number of ether oxygens (including phenoxy) is 3. The number of fused-ring (bicyclic) bond motifs is 1. The predicted octanol–water partition coefficient (Wildman–Crippen LogP) is 6.04. The number of aromatic nitrogens is 5. The van der Waals surface area contributed by atoms with Crippen molar-refractivity contribution in [2.45, 2.75) is 26.1 Å². The summed E-state index contributed by atoms with van der Waals surface area (Å²) in [6.45, 7) is 8.50. The zero-order valence-electron chi connectivity index (χ0n) is 34.7. The van der Waals surface area contributed by atoms with Crippen molar-refractivity contribution in [2.75, 3.05) is 87.9 Å². The van der Waals surface area contributed by atoms with Crippen LogP contribution in [0.15, 0.2) is 110 Å². The average molecular weight is 819 g/mol. The summed E-state index contributed by atoms with van der Waals surface area (Å²) in [5.41, 5.74) is 7.83. The minimum absolute atomic E-state index is 0.0613. The van der Waals surface area contributed by atoms with Gasteiger partial charge in [0.05, 0.1) is 33.1 Å². The van der Waals surface area contributed by atoms with Crippen LogP contribution >= 0.6 is 0 Å². The third-order valence-corrected chi connectivity index (χ3v) is 11.6. The summed E-state index contributed by atoms with van der Waals surface area (Å²) < 4.78 is 16.5. The maximum Gasteiger partial charge on any atom is 0.253 e. The maximum absolute atomic E-state index is 13.6. The van der Waals surface area contributed by atoms with Crippen LogP contribution in [0.3, 0.4) is 0 Å². The number of amides is 1. The van der Waals surface area contributed by atoms with Crippen molar-refractivity contribution < 1.29 is 19.0 Å². The number of morpholine rings is 1. The molecule has 14 nitrogen and oxygen atoms in total. The van der Waals surface area contributed by atoms with Gasteiger partial charge < -0.3 is 33.8 Å². The fraction of sp³-hybridized carbons (Fsp3) is 0.319. The van der Waals surface area contributed by atoms with E-state index in [1.165, 1.54) is 5.56 Å². The Labute approximate surface area is 356 Å². The van der Waals surface area contributed by atoms with Crippen LogP contribution in [0.2, 0.25) is 0 Å². The largest absolute Gasteiger partial charge is 0.497 e. The van der Waals surface area contributed by atoms with E-state index in [-0.39, 0.29) is 5.91 Å². The van der Waals surface area contributed by atoms with Gasteiger partial charge in [-0.25, -0.2) is 15.0 Å². The molecule has 6 heterocycles. The molecule has 0 aliphatic carbocycles. The Kier molecular flexibility index (Phi) is 12.0. The Hall–Kier alpha value is -6.64. The molecule has 0 radical (unpaired) electrons. The second-order valence-corrected chi connectivity index (χ2v) is 15.5. The molecule has 2 saturated heterocycles. The van der Waals surface area contributed by atoms with Crippen molar-refractivity contribution in [2.24, 2.45) is 0 Å². The molecule has 61 heavy (non-hydrogen) atoms. The fourth-order valence-corrected chi connectivity index (χ4v) is 8.17. The van der Waals surface area contributed by atoms with Gasteiger partial charge in [-0.05, 0) is 83.8 Å². The molecule has 0 bridgehead atoms. The van der Waals surface area contributed by atoms with Crippen LogP contribution in [-0.2, 0) is 30.8 Å². The number of hydrogen-bond donors (Lipinski definition) is 0. The first kappa shape index (κ1) is 39.8. The summed E-state index contributed by atoms with van der Waals surface area (Å²) in [5.74, 6) is 3.81. The summed E-state index contributed by atoms with van der Waals surface area (Å²) in [7, 11) is 3.34. The number of methoxy groups -OCH3 is 2. The second-order valence-electron chi connectivity index (χ2n) is 15.5. The Morgan fingerprint density at radius 1 is 0.705 bits per heavy atom. The zero-order chi connectivity index (χ0) is 41.5. The molecular formula is C47H50N10O4. The highest BCUT2D eigenvalue weighted by Gasteiger charge is 2.30. The molecule has 3 aliphatic heterocycles. The standard InChI is InChI=1S/C47H50N10O4/c1-59-40-11-3-34(4-12-40)32-56(33-35-5-13-41(60-2)14-6-35)46-49-29-38(30-50-46)43-42-17-20-57(44(42)52-47(51-43)55-25-27-61-28-26-55)39-9-7-37(8-10-39)45(58)54-23-21-53(22-24-54)31-36-15-18-48-19-16-36/h3-16,18-19,29-30H,17,20-28,31-33H2,1-2H3. The van der Waals surface area contributed by atoms with E-state index in [9.17, 15) is 4.79 Å². The highest BCUT2D eigenvalue weighted by atomic mass is 16.5. The van der Waals surface area contributed by atoms with Gasteiger partial charge in [-0.15, -0.1) is 0 Å². The minimum Gasteiger partial charge on any atom is -0.497 e. The van der Waals surface area contributed by atoms with Crippen LogP contribution in [0, 0.1) is 0 Å². The zero-order valence-corrected chi connectivity index (χ0v) is 34.7. The van der Waals surface area contributed by atoms with Crippen LogP contribution in [-0.4, -0.2) is 114 Å². The summed E-state index contributed by atoms with van der Waals surface area (Å²) in [6.07, 6.45) is 8.17. The van der Waals surface area contributed by atoms with E-state index < -0.39 is 0 Å². The lowest BCUT2D eigenvalue weighted by atomic mass is 10.1. The number of piperazine rings is 1. The first-order valence-corrected chi connectivity index (χ1v) is 20.9. The normalized spacial score (nSPS) is 15.4. The number of carbonyl (C=O) groups excluding carboxylic acids is 1. The van der Waals surface area contributed by atoms with Gasteiger partial charge >= 0.3 is 0 Å². The van der Waals surface area contributed by atoms with E-state index >= 15 is 0 Å². The van der Waals surface area contributed by atoms with E-state index in [4.69, 9.17) is 34.1 Å². The lowest BCUT2D eigenvalue weighted by molar-refractivity contribution is 0.0628. The molecule has 3 aliphatic rings. The molecule has 3 aromatic carbocycles. The first-order chi connectivity index (χ1) is 30.0. The van der Waals surface area contributed by atoms with Gasteiger partial charge in [-0.2, -0.15) is 4.98 Å². The first-order valence-electron chi connectivity index (χ1n) is 20.9. The number of carbonyl (C=O) groups is 1. The molecule has 312 valence electrons. The summed E-state index contributed by atoms with van der Waals surface area (Å²) in [5, 5.41) is 0. The monoisotopic (exact) mass is 818 g/mol. The van der Waals surface area contributed by atoms with E-state index in [1.54, 1.807) is 14.2 Å². The summed E-state index contributed by atoms with van der Waals surface area (Å²) in [4.78, 5) is 49.0. The van der Waals surface area contributed by atoms with E-state index in [0.29, 0.717) is 69.9 Å². The second kappa shape index (κ2) is 18.3. The van der Waals surface area contributed by atoms with Crippen molar-refractivity contribution in [1.29, 1.82) is 0 Å². The van der Waals surface area contributed by atoms with Crippen LogP contribution in [0.4, 0.5) is 23.4 Å². The summed E-state index contributed by atoms with van der Waals surface area (Å²) >= 11 is 0. The summed E-state index contributed by atoms with van der Waals surface area (Å²) in [6, 6.07) is 28.2. The molecule has 0 unspecified atom stereocenters. The van der Waals surface area contributed by atoms with Gasteiger partial charge in [0.15, 0.2) is 0 Å². The Morgan fingerprint density at radius 3 is 1.93 bits per heavy atom. The third kappa shape index (κ3) is 9.10. The molecule has 0 atom stereocenters. The van der Waals surface area contributed by atoms with Crippen LogP contribution in [0.5, 0.6) is 11.5 Å². The van der Waals surface area contributed by atoms with Gasteiger partial charge in [0.25, 0.3) is 5.91 Å². The molecule has 9 rings (SSSR count). The van der Waals surface area contributed by atoms with Gasteiger partial charge in [0.2, 0.25) is 11.9 Å². The minimum atomic E-state index is 0.0613. The Balaban J connectivity index is 0.956. The van der Waals surface area contributed by atoms with E-state index in [0.717, 1.165) is 83.6 Å². The van der Waals surface area contributed by atoms with Crippen molar-refractivity contribution in [3.63, 3.8) is 0 Å². The topological polar surface area (TPSA) is 125 Å². The molecule has 1 amide bonds. The highest BCUT2D eigenvalue weighted by Crippen LogP contribution is 2.39. The van der Waals surface area contributed by atoms with E-state index in [1.807, 2.05) is 90.4 Å². The molecule has 0 N–H and O–H groups in total. The van der Waals surface area contributed by atoms with Gasteiger partial charge in [0.1, 0.15) is 17.3 Å². The lowest BCUT2D eigenvalue weighted by Gasteiger charge is -2.34. The Morgan fingerprint density at radius 2 is 1.33 bits per heavy atom. The Bertz CT molecular complexity index is 2340.